The van der Waals surface area contributed by atoms with E-state index in [1.165, 1.54) is 6.92 Å². The number of para-hydroxylation sites is 1. The lowest BCUT2D eigenvalue weighted by atomic mass is 10.1. The monoisotopic (exact) mass is 420 g/mol. The van der Waals surface area contributed by atoms with E-state index < -0.39 is 0 Å². The summed E-state index contributed by atoms with van der Waals surface area (Å²) in [6, 6.07) is 16.3. The van der Waals surface area contributed by atoms with E-state index in [2.05, 4.69) is 25.8 Å². The molecule has 3 N–H and O–H groups in total. The molecule has 1 atom stereocenters. The van der Waals surface area contributed by atoms with Crippen molar-refractivity contribution in [2.45, 2.75) is 13.0 Å². The highest BCUT2D eigenvalue weighted by Gasteiger charge is 2.30. The van der Waals surface area contributed by atoms with E-state index in [0.717, 1.165) is 5.56 Å². The largest absolute Gasteiger partial charge is 0.484 e. The lowest BCUT2D eigenvalue weighted by Crippen LogP contribution is -2.50. The number of nitrogens with one attached hydrogen (secondary N) is 3. The lowest BCUT2D eigenvalue weighted by Gasteiger charge is -2.34. The standard InChI is InChI=1S/C22H24N6O3/c1-15(29)24-17-7-5-6-16(12-17)21-25-22(27-26-21)19-13-23-10-11-28(19)20(30)14-31-18-8-3-2-4-9-18/h2-9,12,19,23H,10-11,13-14H2,1H3,(H,24,29)(H,25,26,27). The molecule has 9 nitrogen and oxygen atoms in total. The smallest absolute Gasteiger partial charge is 0.261 e. The molecule has 1 aliphatic rings. The first-order valence-electron chi connectivity index (χ1n) is 10.1. The average Bonchev–Trinajstić information content (AvgIpc) is 3.28. The van der Waals surface area contributed by atoms with E-state index in [9.17, 15) is 9.59 Å². The fourth-order valence-corrected chi connectivity index (χ4v) is 3.48. The number of carbonyl (C=O) groups excluding carboxylic acids is 2. The van der Waals surface area contributed by atoms with Crippen molar-refractivity contribution >= 4 is 17.5 Å². The number of amides is 2. The van der Waals surface area contributed by atoms with Gasteiger partial charge in [-0.2, -0.15) is 5.10 Å². The summed E-state index contributed by atoms with van der Waals surface area (Å²) in [5.41, 5.74) is 1.44. The molecule has 1 aliphatic heterocycles. The Labute approximate surface area is 179 Å². The van der Waals surface area contributed by atoms with Gasteiger partial charge in [0.1, 0.15) is 17.6 Å². The van der Waals surface area contributed by atoms with Crippen molar-refractivity contribution in [3.05, 3.63) is 60.4 Å². The molecule has 1 fully saturated rings. The number of aromatic amines is 1. The average molecular weight is 420 g/mol. The maximum Gasteiger partial charge on any atom is 0.261 e. The Hall–Kier alpha value is -3.72. The molecule has 0 radical (unpaired) electrons. The number of rotatable bonds is 6. The number of hydrogen-bond donors (Lipinski definition) is 3. The van der Waals surface area contributed by atoms with Gasteiger partial charge in [-0.25, -0.2) is 4.98 Å². The predicted molar refractivity (Wildman–Crippen MR) is 115 cm³/mol. The Morgan fingerprint density at radius 2 is 2.03 bits per heavy atom. The number of ether oxygens (including phenoxy) is 1. The SMILES string of the molecule is CC(=O)Nc1cccc(-c2n[nH]c(C3CNCCN3C(=O)COc3ccccc3)n2)c1. The van der Waals surface area contributed by atoms with E-state index in [0.29, 0.717) is 42.7 Å². The molecule has 0 aliphatic carbocycles. The maximum absolute atomic E-state index is 12.9. The van der Waals surface area contributed by atoms with Crippen molar-refractivity contribution in [2.24, 2.45) is 0 Å². The highest BCUT2D eigenvalue weighted by Crippen LogP contribution is 2.24. The molecule has 0 saturated carbocycles. The van der Waals surface area contributed by atoms with Crippen molar-refractivity contribution in [1.29, 1.82) is 0 Å². The van der Waals surface area contributed by atoms with Crippen molar-refractivity contribution in [2.75, 3.05) is 31.6 Å². The van der Waals surface area contributed by atoms with Crippen LogP contribution in [0, 0.1) is 0 Å². The van der Waals surface area contributed by atoms with E-state index >= 15 is 0 Å². The van der Waals surface area contributed by atoms with Gasteiger partial charge in [-0.05, 0) is 24.3 Å². The highest BCUT2D eigenvalue weighted by molar-refractivity contribution is 5.89. The molecule has 1 aromatic heterocycles. The molecule has 0 bridgehead atoms. The van der Waals surface area contributed by atoms with Gasteiger partial charge in [0.05, 0.1) is 0 Å². The molecule has 2 heterocycles. The van der Waals surface area contributed by atoms with Crippen LogP contribution in [0.4, 0.5) is 5.69 Å². The Balaban J connectivity index is 1.48. The first-order valence-corrected chi connectivity index (χ1v) is 10.1. The number of aromatic nitrogens is 3. The predicted octanol–water partition coefficient (Wildman–Crippen LogP) is 1.98. The van der Waals surface area contributed by atoms with Gasteiger partial charge in [0.2, 0.25) is 5.91 Å². The molecule has 2 aromatic carbocycles. The molecule has 9 heteroatoms. The number of carbonyl (C=O) groups is 2. The summed E-state index contributed by atoms with van der Waals surface area (Å²) in [6.45, 7) is 3.24. The Bertz CT molecular complexity index is 1050. The number of hydrogen-bond acceptors (Lipinski definition) is 6. The molecule has 1 saturated heterocycles. The Kier molecular flexibility index (Phi) is 6.23. The first-order chi connectivity index (χ1) is 15.1. The highest BCUT2D eigenvalue weighted by atomic mass is 16.5. The van der Waals surface area contributed by atoms with Crippen LogP contribution in [-0.4, -0.2) is 58.1 Å². The van der Waals surface area contributed by atoms with Crippen LogP contribution in [0.3, 0.4) is 0 Å². The van der Waals surface area contributed by atoms with Gasteiger partial charge in [0.25, 0.3) is 5.91 Å². The van der Waals surface area contributed by atoms with Crippen LogP contribution in [0.1, 0.15) is 18.8 Å². The molecule has 4 rings (SSSR count). The molecule has 3 aromatic rings. The molecule has 0 spiro atoms. The van der Waals surface area contributed by atoms with Crippen LogP contribution in [-0.2, 0) is 9.59 Å². The van der Waals surface area contributed by atoms with Crippen LogP contribution < -0.4 is 15.4 Å². The zero-order valence-corrected chi connectivity index (χ0v) is 17.2. The van der Waals surface area contributed by atoms with Crippen LogP contribution in [0.25, 0.3) is 11.4 Å². The summed E-state index contributed by atoms with van der Waals surface area (Å²) in [5.74, 6) is 1.50. The summed E-state index contributed by atoms with van der Waals surface area (Å²) >= 11 is 0. The zero-order chi connectivity index (χ0) is 21.6. The van der Waals surface area contributed by atoms with Gasteiger partial charge in [0.15, 0.2) is 12.4 Å². The first kappa shape index (κ1) is 20.5. The van der Waals surface area contributed by atoms with Gasteiger partial charge in [0, 0.05) is 37.8 Å². The molecular weight excluding hydrogens is 396 g/mol. The summed E-state index contributed by atoms with van der Waals surface area (Å²) in [5, 5.41) is 13.3. The van der Waals surface area contributed by atoms with E-state index in [1.807, 2.05) is 48.5 Å². The molecule has 2 amide bonds. The molecule has 160 valence electrons. The second kappa shape index (κ2) is 9.40. The topological polar surface area (TPSA) is 112 Å². The van der Waals surface area contributed by atoms with Gasteiger partial charge in [-0.3, -0.25) is 14.7 Å². The minimum absolute atomic E-state index is 0.0414. The third-order valence-corrected chi connectivity index (χ3v) is 4.93. The van der Waals surface area contributed by atoms with Crippen LogP contribution in [0.2, 0.25) is 0 Å². The van der Waals surface area contributed by atoms with Gasteiger partial charge < -0.3 is 20.3 Å². The van der Waals surface area contributed by atoms with Crippen LogP contribution in [0.5, 0.6) is 5.75 Å². The normalized spacial score (nSPS) is 16.0. The zero-order valence-electron chi connectivity index (χ0n) is 17.2. The fraction of sp³-hybridized carbons (Fsp3) is 0.273. The Morgan fingerprint density at radius 1 is 1.19 bits per heavy atom. The van der Waals surface area contributed by atoms with Gasteiger partial charge in [-0.1, -0.05) is 30.3 Å². The second-order valence-electron chi connectivity index (χ2n) is 7.22. The van der Waals surface area contributed by atoms with Crippen LogP contribution in [0.15, 0.2) is 54.6 Å². The number of H-pyrrole nitrogens is 1. The maximum atomic E-state index is 12.9. The third-order valence-electron chi connectivity index (χ3n) is 4.93. The molecule has 1 unspecified atom stereocenters. The van der Waals surface area contributed by atoms with E-state index in [4.69, 9.17) is 4.74 Å². The van der Waals surface area contributed by atoms with Crippen LogP contribution >= 0.6 is 0 Å². The lowest BCUT2D eigenvalue weighted by molar-refractivity contribution is -0.137. The van der Waals surface area contributed by atoms with Crippen molar-refractivity contribution in [3.63, 3.8) is 0 Å². The van der Waals surface area contributed by atoms with E-state index in [1.54, 1.807) is 11.0 Å². The van der Waals surface area contributed by atoms with Crippen molar-refractivity contribution < 1.29 is 14.3 Å². The summed E-state index contributed by atoms with van der Waals surface area (Å²) < 4.78 is 5.63. The van der Waals surface area contributed by atoms with Crippen molar-refractivity contribution in [3.8, 4) is 17.1 Å². The van der Waals surface area contributed by atoms with Crippen molar-refractivity contribution in [1.82, 2.24) is 25.4 Å². The molecular formula is C22H24N6O3. The van der Waals surface area contributed by atoms with Gasteiger partial charge >= 0.3 is 0 Å². The minimum Gasteiger partial charge on any atom is -0.484 e. The number of benzene rings is 2. The third kappa shape index (κ3) is 5.07. The van der Waals surface area contributed by atoms with Gasteiger partial charge in [-0.15, -0.1) is 0 Å². The summed E-state index contributed by atoms with van der Waals surface area (Å²) in [7, 11) is 0. The summed E-state index contributed by atoms with van der Waals surface area (Å²) in [4.78, 5) is 30.5. The second-order valence-corrected chi connectivity index (χ2v) is 7.22. The Morgan fingerprint density at radius 3 is 2.84 bits per heavy atom. The number of nitrogens with zero attached hydrogens (tertiary/aromatic N) is 3. The summed E-state index contributed by atoms with van der Waals surface area (Å²) in [6.07, 6.45) is 0. The number of anilines is 1. The number of piperazine rings is 1. The quantitative estimate of drug-likeness (QED) is 0.562. The molecule has 31 heavy (non-hydrogen) atoms. The van der Waals surface area contributed by atoms with E-state index in [-0.39, 0.29) is 24.5 Å². The minimum atomic E-state index is -0.277. The fourth-order valence-electron chi connectivity index (χ4n) is 3.48.